The SMILES string of the molecule is CCN(C)C(=O)COc1cccc2ccccc12. The highest BCUT2D eigenvalue weighted by atomic mass is 16.5. The van der Waals surface area contributed by atoms with Crippen molar-refractivity contribution in [2.24, 2.45) is 0 Å². The third-order valence-electron chi connectivity index (χ3n) is 3.00. The summed E-state index contributed by atoms with van der Waals surface area (Å²) in [5, 5.41) is 2.15. The lowest BCUT2D eigenvalue weighted by Crippen LogP contribution is -2.31. The average Bonchev–Trinajstić information content (AvgIpc) is 2.43. The third kappa shape index (κ3) is 2.62. The summed E-state index contributed by atoms with van der Waals surface area (Å²) >= 11 is 0. The van der Waals surface area contributed by atoms with E-state index < -0.39 is 0 Å². The van der Waals surface area contributed by atoms with Gasteiger partial charge in [0.25, 0.3) is 5.91 Å². The molecule has 3 heteroatoms. The van der Waals surface area contributed by atoms with Crippen LogP contribution in [0.25, 0.3) is 10.8 Å². The molecular formula is C15H17NO2. The number of likely N-dealkylation sites (N-methyl/N-ethyl adjacent to an activating group) is 1. The molecule has 2 aromatic carbocycles. The molecule has 94 valence electrons. The Labute approximate surface area is 107 Å². The largest absolute Gasteiger partial charge is 0.483 e. The monoisotopic (exact) mass is 243 g/mol. The van der Waals surface area contributed by atoms with Crippen LogP contribution < -0.4 is 4.74 Å². The second-order valence-corrected chi connectivity index (χ2v) is 4.17. The molecule has 0 aliphatic carbocycles. The van der Waals surface area contributed by atoms with Gasteiger partial charge >= 0.3 is 0 Å². The van der Waals surface area contributed by atoms with Gasteiger partial charge in [0.05, 0.1) is 0 Å². The van der Waals surface area contributed by atoms with Crippen molar-refractivity contribution in [2.45, 2.75) is 6.92 Å². The lowest BCUT2D eigenvalue weighted by Gasteiger charge is -2.15. The van der Waals surface area contributed by atoms with E-state index in [0.717, 1.165) is 16.5 Å². The maximum Gasteiger partial charge on any atom is 0.260 e. The van der Waals surface area contributed by atoms with Crippen LogP contribution in [0, 0.1) is 0 Å². The quantitative estimate of drug-likeness (QED) is 0.826. The van der Waals surface area contributed by atoms with Crippen LogP contribution in [0.1, 0.15) is 6.92 Å². The zero-order valence-corrected chi connectivity index (χ0v) is 10.7. The van der Waals surface area contributed by atoms with Crippen molar-refractivity contribution in [3.05, 3.63) is 42.5 Å². The van der Waals surface area contributed by atoms with Gasteiger partial charge < -0.3 is 9.64 Å². The number of amides is 1. The molecule has 0 unspecified atom stereocenters. The Morgan fingerprint density at radius 3 is 2.67 bits per heavy atom. The summed E-state index contributed by atoms with van der Waals surface area (Å²) in [6.45, 7) is 2.71. The van der Waals surface area contributed by atoms with Gasteiger partial charge in [-0.3, -0.25) is 4.79 Å². The zero-order valence-electron chi connectivity index (χ0n) is 10.7. The predicted molar refractivity (Wildman–Crippen MR) is 72.8 cm³/mol. The molecule has 18 heavy (non-hydrogen) atoms. The highest BCUT2D eigenvalue weighted by Crippen LogP contribution is 2.24. The molecule has 0 fully saturated rings. The molecular weight excluding hydrogens is 226 g/mol. The second kappa shape index (κ2) is 5.54. The van der Waals surface area contributed by atoms with E-state index in [1.807, 2.05) is 49.4 Å². The van der Waals surface area contributed by atoms with E-state index in [2.05, 4.69) is 0 Å². The van der Waals surface area contributed by atoms with Crippen LogP contribution >= 0.6 is 0 Å². The molecule has 0 aromatic heterocycles. The summed E-state index contributed by atoms with van der Waals surface area (Å²) < 4.78 is 5.61. The van der Waals surface area contributed by atoms with E-state index in [0.29, 0.717) is 6.54 Å². The number of hydrogen-bond acceptors (Lipinski definition) is 2. The fourth-order valence-electron chi connectivity index (χ4n) is 1.75. The summed E-state index contributed by atoms with van der Waals surface area (Å²) in [5.41, 5.74) is 0. The molecule has 0 aliphatic heterocycles. The van der Waals surface area contributed by atoms with Gasteiger partial charge in [0.15, 0.2) is 6.61 Å². The van der Waals surface area contributed by atoms with E-state index >= 15 is 0 Å². The Kier molecular flexibility index (Phi) is 3.82. The van der Waals surface area contributed by atoms with Crippen LogP contribution in [-0.4, -0.2) is 31.0 Å². The summed E-state index contributed by atoms with van der Waals surface area (Å²) in [5.74, 6) is 0.747. The number of carbonyl (C=O) groups excluding carboxylic acids is 1. The number of hydrogen-bond donors (Lipinski definition) is 0. The van der Waals surface area contributed by atoms with Gasteiger partial charge in [-0.1, -0.05) is 36.4 Å². The zero-order chi connectivity index (χ0) is 13.0. The number of nitrogens with zero attached hydrogens (tertiary/aromatic N) is 1. The Balaban J connectivity index is 2.15. The molecule has 2 rings (SSSR count). The number of ether oxygens (including phenoxy) is 1. The van der Waals surface area contributed by atoms with Crippen LogP contribution in [0.2, 0.25) is 0 Å². The topological polar surface area (TPSA) is 29.5 Å². The van der Waals surface area contributed by atoms with Crippen molar-refractivity contribution in [2.75, 3.05) is 20.2 Å². The first-order valence-electron chi connectivity index (χ1n) is 6.07. The Morgan fingerprint density at radius 2 is 1.89 bits per heavy atom. The fraction of sp³-hybridized carbons (Fsp3) is 0.267. The maximum atomic E-state index is 11.7. The van der Waals surface area contributed by atoms with Crippen molar-refractivity contribution in [1.29, 1.82) is 0 Å². The molecule has 3 nitrogen and oxygen atoms in total. The van der Waals surface area contributed by atoms with Crippen molar-refractivity contribution in [3.63, 3.8) is 0 Å². The number of benzene rings is 2. The third-order valence-corrected chi connectivity index (χ3v) is 3.00. The minimum Gasteiger partial charge on any atom is -0.483 e. The predicted octanol–water partition coefficient (Wildman–Crippen LogP) is 2.70. The van der Waals surface area contributed by atoms with E-state index in [1.54, 1.807) is 11.9 Å². The highest BCUT2D eigenvalue weighted by Gasteiger charge is 2.08. The van der Waals surface area contributed by atoms with Gasteiger partial charge in [0, 0.05) is 19.0 Å². The Hall–Kier alpha value is -2.03. The van der Waals surface area contributed by atoms with Crippen LogP contribution in [-0.2, 0) is 4.79 Å². The fourth-order valence-corrected chi connectivity index (χ4v) is 1.75. The van der Waals surface area contributed by atoms with Gasteiger partial charge in [0.2, 0.25) is 0 Å². The van der Waals surface area contributed by atoms with Crippen LogP contribution in [0.5, 0.6) is 5.75 Å². The summed E-state index contributed by atoms with van der Waals surface area (Å²) in [6, 6.07) is 13.8. The molecule has 0 spiro atoms. The van der Waals surface area contributed by atoms with Gasteiger partial charge in [-0.05, 0) is 18.4 Å². The lowest BCUT2D eigenvalue weighted by atomic mass is 10.1. The standard InChI is InChI=1S/C15H17NO2/c1-3-16(2)15(17)11-18-14-10-6-8-12-7-4-5-9-13(12)14/h4-10H,3,11H2,1-2H3. The van der Waals surface area contributed by atoms with Gasteiger partial charge in [-0.2, -0.15) is 0 Å². The molecule has 0 saturated carbocycles. The summed E-state index contributed by atoms with van der Waals surface area (Å²) in [6.07, 6.45) is 0. The minimum atomic E-state index is -0.00886. The van der Waals surface area contributed by atoms with Crippen molar-refractivity contribution >= 4 is 16.7 Å². The van der Waals surface area contributed by atoms with Crippen molar-refractivity contribution in [1.82, 2.24) is 4.90 Å². The highest BCUT2D eigenvalue weighted by molar-refractivity contribution is 5.88. The second-order valence-electron chi connectivity index (χ2n) is 4.17. The number of rotatable bonds is 4. The molecule has 0 N–H and O–H groups in total. The molecule has 2 aromatic rings. The van der Waals surface area contributed by atoms with Crippen LogP contribution in [0.15, 0.2) is 42.5 Å². The lowest BCUT2D eigenvalue weighted by molar-refractivity contribution is -0.131. The van der Waals surface area contributed by atoms with Crippen molar-refractivity contribution in [3.8, 4) is 5.75 Å². The molecule has 0 saturated heterocycles. The van der Waals surface area contributed by atoms with Gasteiger partial charge in [-0.15, -0.1) is 0 Å². The molecule has 0 aliphatic rings. The average molecular weight is 243 g/mol. The van der Waals surface area contributed by atoms with Crippen molar-refractivity contribution < 1.29 is 9.53 Å². The molecule has 0 radical (unpaired) electrons. The first-order valence-corrected chi connectivity index (χ1v) is 6.07. The summed E-state index contributed by atoms with van der Waals surface area (Å²) in [4.78, 5) is 13.3. The molecule has 0 atom stereocenters. The Bertz CT molecular complexity index is 546. The first kappa shape index (κ1) is 12.4. The summed E-state index contributed by atoms with van der Waals surface area (Å²) in [7, 11) is 1.77. The van der Waals surface area contributed by atoms with E-state index in [9.17, 15) is 4.79 Å². The molecule has 1 amide bonds. The number of fused-ring (bicyclic) bond motifs is 1. The van der Waals surface area contributed by atoms with Gasteiger partial charge in [0.1, 0.15) is 5.75 Å². The molecule has 0 bridgehead atoms. The Morgan fingerprint density at radius 1 is 1.17 bits per heavy atom. The minimum absolute atomic E-state index is 0.00886. The van der Waals surface area contributed by atoms with E-state index in [4.69, 9.17) is 4.74 Å². The van der Waals surface area contributed by atoms with E-state index in [1.165, 1.54) is 0 Å². The normalized spacial score (nSPS) is 10.3. The first-order chi connectivity index (χ1) is 8.72. The maximum absolute atomic E-state index is 11.7. The van der Waals surface area contributed by atoms with E-state index in [-0.39, 0.29) is 12.5 Å². The number of carbonyl (C=O) groups is 1. The smallest absolute Gasteiger partial charge is 0.260 e. The molecule has 0 heterocycles. The van der Waals surface area contributed by atoms with Crippen LogP contribution in [0.3, 0.4) is 0 Å². The van der Waals surface area contributed by atoms with Crippen LogP contribution in [0.4, 0.5) is 0 Å². The van der Waals surface area contributed by atoms with Gasteiger partial charge in [-0.25, -0.2) is 0 Å².